The van der Waals surface area contributed by atoms with Crippen LogP contribution in [0.15, 0.2) is 30.5 Å². The molecule has 1 heterocycles. The van der Waals surface area contributed by atoms with Crippen LogP contribution in [0.3, 0.4) is 0 Å². The fraction of sp³-hybridized carbons (Fsp3) is 0. The van der Waals surface area contributed by atoms with Gasteiger partial charge in [-0.1, -0.05) is 11.6 Å². The molecule has 1 aromatic heterocycles. The highest BCUT2D eigenvalue weighted by Crippen LogP contribution is 2.18. The smallest absolute Gasteiger partial charge is 0.341 e. The van der Waals surface area contributed by atoms with Crippen molar-refractivity contribution in [3.63, 3.8) is 0 Å². The summed E-state index contributed by atoms with van der Waals surface area (Å²) in [6.07, 6.45) is 1.21. The standard InChI is InChI=1S/C10H8ClN3O2/c11-6-1-3-7(4-2-6)14-9(12)8(5-13-14)10(15)16/h1-5H,12H2,(H,15,16). The molecule has 2 rings (SSSR count). The third-order valence-corrected chi connectivity index (χ3v) is 2.36. The van der Waals surface area contributed by atoms with E-state index in [0.717, 1.165) is 0 Å². The fourth-order valence-electron chi connectivity index (χ4n) is 1.31. The van der Waals surface area contributed by atoms with Gasteiger partial charge < -0.3 is 10.8 Å². The molecule has 16 heavy (non-hydrogen) atoms. The summed E-state index contributed by atoms with van der Waals surface area (Å²) >= 11 is 5.74. The Labute approximate surface area is 96.1 Å². The van der Waals surface area contributed by atoms with E-state index in [1.165, 1.54) is 10.9 Å². The molecule has 0 aliphatic rings. The average Bonchev–Trinajstić information content (AvgIpc) is 2.61. The van der Waals surface area contributed by atoms with Crippen LogP contribution in [0.5, 0.6) is 0 Å². The predicted molar refractivity (Wildman–Crippen MR) is 59.9 cm³/mol. The Kier molecular flexibility index (Phi) is 2.54. The number of nitrogen functional groups attached to an aromatic ring is 1. The van der Waals surface area contributed by atoms with Gasteiger partial charge in [-0.25, -0.2) is 9.48 Å². The second kappa shape index (κ2) is 3.86. The van der Waals surface area contributed by atoms with Gasteiger partial charge in [0.1, 0.15) is 11.4 Å². The molecule has 0 aliphatic heterocycles. The molecule has 5 nitrogen and oxygen atoms in total. The molecule has 0 fully saturated rings. The number of carboxylic acids is 1. The van der Waals surface area contributed by atoms with Crippen molar-refractivity contribution in [1.29, 1.82) is 0 Å². The minimum absolute atomic E-state index is 0.0186. The van der Waals surface area contributed by atoms with Crippen molar-refractivity contribution in [1.82, 2.24) is 9.78 Å². The third kappa shape index (κ3) is 1.72. The summed E-state index contributed by atoms with van der Waals surface area (Å²) in [6.45, 7) is 0. The number of aromatic nitrogens is 2. The van der Waals surface area contributed by atoms with Crippen molar-refractivity contribution in [3.05, 3.63) is 41.0 Å². The van der Waals surface area contributed by atoms with Crippen LogP contribution < -0.4 is 5.73 Å². The molecule has 0 spiro atoms. The van der Waals surface area contributed by atoms with Crippen LogP contribution in [0.2, 0.25) is 5.02 Å². The van der Waals surface area contributed by atoms with Gasteiger partial charge in [0.05, 0.1) is 11.9 Å². The lowest BCUT2D eigenvalue weighted by molar-refractivity contribution is 0.0698. The zero-order valence-corrected chi connectivity index (χ0v) is 8.85. The molecule has 0 saturated heterocycles. The molecule has 0 saturated carbocycles. The first-order valence-corrected chi connectivity index (χ1v) is 4.80. The van der Waals surface area contributed by atoms with Crippen molar-refractivity contribution in [3.8, 4) is 5.69 Å². The van der Waals surface area contributed by atoms with Gasteiger partial charge in [-0.2, -0.15) is 5.10 Å². The summed E-state index contributed by atoms with van der Waals surface area (Å²) in [7, 11) is 0. The number of anilines is 1. The number of aromatic carboxylic acids is 1. The SMILES string of the molecule is Nc1c(C(=O)O)cnn1-c1ccc(Cl)cc1. The third-order valence-electron chi connectivity index (χ3n) is 2.11. The van der Waals surface area contributed by atoms with Gasteiger partial charge in [0.25, 0.3) is 0 Å². The molecule has 0 radical (unpaired) electrons. The largest absolute Gasteiger partial charge is 0.477 e. The van der Waals surface area contributed by atoms with Gasteiger partial charge in [0.15, 0.2) is 0 Å². The molecule has 0 unspecified atom stereocenters. The Hall–Kier alpha value is -2.01. The molecule has 2 aromatic rings. The lowest BCUT2D eigenvalue weighted by atomic mass is 10.3. The van der Waals surface area contributed by atoms with Crippen LogP contribution in [-0.4, -0.2) is 20.9 Å². The molecule has 6 heteroatoms. The van der Waals surface area contributed by atoms with Crippen molar-refractivity contribution in [2.45, 2.75) is 0 Å². The summed E-state index contributed by atoms with van der Waals surface area (Å²) in [6, 6.07) is 6.77. The van der Waals surface area contributed by atoms with Gasteiger partial charge in [0, 0.05) is 5.02 Å². The lowest BCUT2D eigenvalue weighted by Crippen LogP contribution is -2.05. The maximum absolute atomic E-state index is 10.8. The Morgan fingerprint density at radius 2 is 2.00 bits per heavy atom. The molecule has 3 N–H and O–H groups in total. The number of benzene rings is 1. The zero-order valence-electron chi connectivity index (χ0n) is 8.09. The Balaban J connectivity index is 2.49. The van der Waals surface area contributed by atoms with Crippen LogP contribution in [0.1, 0.15) is 10.4 Å². The normalized spacial score (nSPS) is 10.3. The number of carbonyl (C=O) groups is 1. The maximum Gasteiger partial charge on any atom is 0.341 e. The van der Waals surface area contributed by atoms with Crippen LogP contribution >= 0.6 is 11.6 Å². The topological polar surface area (TPSA) is 81.1 Å². The summed E-state index contributed by atoms with van der Waals surface area (Å²) in [5.41, 5.74) is 6.30. The molecule has 0 atom stereocenters. The van der Waals surface area contributed by atoms with E-state index in [-0.39, 0.29) is 11.4 Å². The van der Waals surface area contributed by atoms with E-state index in [0.29, 0.717) is 10.7 Å². The quantitative estimate of drug-likeness (QED) is 0.835. The second-order valence-corrected chi connectivity index (χ2v) is 3.57. The summed E-state index contributed by atoms with van der Waals surface area (Å²) in [5.74, 6) is -1.01. The molecule has 0 bridgehead atoms. The average molecular weight is 238 g/mol. The van der Waals surface area contributed by atoms with Gasteiger partial charge >= 0.3 is 5.97 Å². The van der Waals surface area contributed by atoms with Crippen LogP contribution in [0.4, 0.5) is 5.82 Å². The highest BCUT2D eigenvalue weighted by atomic mass is 35.5. The number of nitrogens with two attached hydrogens (primary N) is 1. The first kappa shape index (κ1) is 10.5. The molecular formula is C10H8ClN3O2. The van der Waals surface area contributed by atoms with Gasteiger partial charge in [-0.05, 0) is 24.3 Å². The van der Waals surface area contributed by atoms with Crippen molar-refractivity contribution in [2.75, 3.05) is 5.73 Å². The van der Waals surface area contributed by atoms with E-state index in [1.807, 2.05) is 0 Å². The predicted octanol–water partition coefficient (Wildman–Crippen LogP) is 1.81. The summed E-state index contributed by atoms with van der Waals surface area (Å²) in [5, 5.41) is 13.3. The van der Waals surface area contributed by atoms with E-state index < -0.39 is 5.97 Å². The minimum atomic E-state index is -1.10. The van der Waals surface area contributed by atoms with E-state index in [2.05, 4.69) is 5.10 Å². The number of halogens is 1. The lowest BCUT2D eigenvalue weighted by Gasteiger charge is -2.03. The zero-order chi connectivity index (χ0) is 11.7. The Bertz CT molecular complexity index is 533. The number of rotatable bonds is 2. The highest BCUT2D eigenvalue weighted by molar-refractivity contribution is 6.30. The monoisotopic (exact) mass is 237 g/mol. The molecule has 82 valence electrons. The highest BCUT2D eigenvalue weighted by Gasteiger charge is 2.14. The van der Waals surface area contributed by atoms with Crippen molar-refractivity contribution < 1.29 is 9.90 Å². The van der Waals surface area contributed by atoms with Crippen molar-refractivity contribution in [2.24, 2.45) is 0 Å². The van der Waals surface area contributed by atoms with Crippen LogP contribution in [-0.2, 0) is 0 Å². The molecule has 0 aliphatic carbocycles. The van der Waals surface area contributed by atoms with E-state index in [1.54, 1.807) is 24.3 Å². The molecular weight excluding hydrogens is 230 g/mol. The molecule has 0 amide bonds. The number of carboxylic acid groups (broad SMARTS) is 1. The van der Waals surface area contributed by atoms with E-state index >= 15 is 0 Å². The van der Waals surface area contributed by atoms with Crippen molar-refractivity contribution >= 4 is 23.4 Å². The van der Waals surface area contributed by atoms with Crippen LogP contribution in [0.25, 0.3) is 5.69 Å². The van der Waals surface area contributed by atoms with E-state index in [9.17, 15) is 4.79 Å². The van der Waals surface area contributed by atoms with Gasteiger partial charge in [-0.15, -0.1) is 0 Å². The number of hydrogen-bond acceptors (Lipinski definition) is 3. The first-order chi connectivity index (χ1) is 7.59. The molecule has 1 aromatic carbocycles. The van der Waals surface area contributed by atoms with Crippen LogP contribution in [0, 0.1) is 0 Å². The van der Waals surface area contributed by atoms with E-state index in [4.69, 9.17) is 22.4 Å². The first-order valence-electron chi connectivity index (χ1n) is 4.42. The second-order valence-electron chi connectivity index (χ2n) is 3.14. The maximum atomic E-state index is 10.8. The summed E-state index contributed by atoms with van der Waals surface area (Å²) in [4.78, 5) is 10.8. The Morgan fingerprint density at radius 3 is 2.50 bits per heavy atom. The number of nitrogens with zero attached hydrogens (tertiary/aromatic N) is 2. The summed E-state index contributed by atoms with van der Waals surface area (Å²) < 4.78 is 1.35. The Morgan fingerprint density at radius 1 is 1.38 bits per heavy atom. The fourth-order valence-corrected chi connectivity index (χ4v) is 1.44. The van der Waals surface area contributed by atoms with Gasteiger partial charge in [0.2, 0.25) is 0 Å². The number of hydrogen-bond donors (Lipinski definition) is 2. The van der Waals surface area contributed by atoms with Gasteiger partial charge in [-0.3, -0.25) is 0 Å². The minimum Gasteiger partial charge on any atom is -0.477 e.